The minimum atomic E-state index is -4.56. The Kier molecular flexibility index (Phi) is 4.40. The molecule has 7 heteroatoms. The maximum Gasteiger partial charge on any atom is 0.417 e. The smallest absolute Gasteiger partial charge is 0.397 e. The molecule has 0 fully saturated rings. The monoisotopic (exact) mass is 372 g/mol. The Bertz CT molecular complexity index is 728. The summed E-state index contributed by atoms with van der Waals surface area (Å²) >= 11 is 4.26. The number of alkyl halides is 3. The van der Waals surface area contributed by atoms with Gasteiger partial charge in [0.15, 0.2) is 0 Å². The fourth-order valence-electron chi connectivity index (χ4n) is 1.79. The van der Waals surface area contributed by atoms with E-state index in [1.165, 1.54) is 23.5 Å². The van der Waals surface area contributed by atoms with Gasteiger partial charge in [-0.25, -0.2) is 0 Å². The van der Waals surface area contributed by atoms with Gasteiger partial charge in [0.1, 0.15) is 6.07 Å². The van der Waals surface area contributed by atoms with Crippen LogP contribution >= 0.6 is 27.3 Å². The SMILES string of the molecule is N#C/C(=C(/N)c1ccc(Br)cc1C(F)(F)F)c1cccs1. The van der Waals surface area contributed by atoms with E-state index in [0.29, 0.717) is 9.35 Å². The van der Waals surface area contributed by atoms with Gasteiger partial charge in [-0.1, -0.05) is 28.1 Å². The molecule has 1 heterocycles. The molecule has 0 aliphatic rings. The first-order valence-electron chi connectivity index (χ1n) is 5.65. The number of benzene rings is 1. The van der Waals surface area contributed by atoms with Crippen LogP contribution in [0.25, 0.3) is 11.3 Å². The predicted octanol–water partition coefficient (Wildman–Crippen LogP) is 4.88. The highest BCUT2D eigenvalue weighted by molar-refractivity contribution is 9.10. The lowest BCUT2D eigenvalue weighted by Crippen LogP contribution is -2.12. The minimum Gasteiger partial charge on any atom is -0.397 e. The molecule has 0 saturated carbocycles. The summed E-state index contributed by atoms with van der Waals surface area (Å²) in [5.74, 6) is 0. The molecule has 108 valence electrons. The molecule has 1 aromatic heterocycles. The van der Waals surface area contributed by atoms with Crippen LogP contribution in [0.15, 0.2) is 40.2 Å². The zero-order valence-electron chi connectivity index (χ0n) is 10.4. The molecule has 0 spiro atoms. The van der Waals surface area contributed by atoms with Gasteiger partial charge in [0.05, 0.1) is 16.8 Å². The first-order valence-corrected chi connectivity index (χ1v) is 7.32. The Morgan fingerprint density at radius 2 is 2.00 bits per heavy atom. The van der Waals surface area contributed by atoms with Crippen molar-refractivity contribution < 1.29 is 13.2 Å². The number of halogens is 4. The Balaban J connectivity index is 2.69. The predicted molar refractivity (Wildman–Crippen MR) is 80.1 cm³/mol. The lowest BCUT2D eigenvalue weighted by molar-refractivity contribution is -0.137. The number of rotatable bonds is 2. The molecule has 0 saturated heterocycles. The summed E-state index contributed by atoms with van der Waals surface area (Å²) in [7, 11) is 0. The van der Waals surface area contributed by atoms with Crippen LogP contribution in [0.3, 0.4) is 0 Å². The van der Waals surface area contributed by atoms with Crippen molar-refractivity contribution in [3.63, 3.8) is 0 Å². The van der Waals surface area contributed by atoms with Crippen molar-refractivity contribution >= 4 is 38.5 Å². The Hall–Kier alpha value is -1.78. The summed E-state index contributed by atoms with van der Waals surface area (Å²) in [4.78, 5) is 0.533. The van der Waals surface area contributed by atoms with Gasteiger partial charge in [-0.3, -0.25) is 0 Å². The van der Waals surface area contributed by atoms with E-state index in [1.54, 1.807) is 17.5 Å². The molecule has 2 rings (SSSR count). The summed E-state index contributed by atoms with van der Waals surface area (Å²) in [6, 6.07) is 8.89. The average Bonchev–Trinajstić information content (AvgIpc) is 2.92. The normalized spacial score (nSPS) is 12.7. The topological polar surface area (TPSA) is 49.8 Å². The maximum atomic E-state index is 13.1. The van der Waals surface area contributed by atoms with Gasteiger partial charge in [0.2, 0.25) is 0 Å². The molecule has 0 atom stereocenters. The minimum absolute atomic E-state index is 0.0397. The van der Waals surface area contributed by atoms with Gasteiger partial charge < -0.3 is 5.73 Å². The van der Waals surface area contributed by atoms with Crippen molar-refractivity contribution in [1.29, 1.82) is 5.26 Å². The Labute approximate surface area is 131 Å². The van der Waals surface area contributed by atoms with Crippen molar-refractivity contribution in [3.05, 3.63) is 56.2 Å². The highest BCUT2D eigenvalue weighted by Gasteiger charge is 2.34. The molecule has 0 aliphatic heterocycles. The third-order valence-electron chi connectivity index (χ3n) is 2.73. The molecular weight excluding hydrogens is 365 g/mol. The fraction of sp³-hybridized carbons (Fsp3) is 0.0714. The quantitative estimate of drug-likeness (QED) is 0.763. The number of allylic oxidation sites excluding steroid dienone is 1. The first kappa shape index (κ1) is 15.6. The van der Waals surface area contributed by atoms with Gasteiger partial charge in [-0.2, -0.15) is 18.4 Å². The number of hydrogen-bond donors (Lipinski definition) is 1. The second-order valence-electron chi connectivity index (χ2n) is 4.07. The van der Waals surface area contributed by atoms with Gasteiger partial charge >= 0.3 is 6.18 Å². The van der Waals surface area contributed by atoms with Crippen molar-refractivity contribution in [3.8, 4) is 6.07 Å². The molecule has 2 nitrogen and oxygen atoms in total. The van der Waals surface area contributed by atoms with E-state index in [1.807, 2.05) is 6.07 Å². The van der Waals surface area contributed by atoms with Crippen LogP contribution in [0.5, 0.6) is 0 Å². The van der Waals surface area contributed by atoms with E-state index in [0.717, 1.165) is 6.07 Å². The zero-order chi connectivity index (χ0) is 15.6. The van der Waals surface area contributed by atoms with Gasteiger partial charge in [-0.05, 0) is 23.6 Å². The van der Waals surface area contributed by atoms with Crippen molar-refractivity contribution in [2.45, 2.75) is 6.18 Å². The number of nitrogens with zero attached hydrogens (tertiary/aromatic N) is 1. The number of thiophene rings is 1. The summed E-state index contributed by atoms with van der Waals surface area (Å²) < 4.78 is 39.7. The van der Waals surface area contributed by atoms with E-state index in [9.17, 15) is 18.4 Å². The van der Waals surface area contributed by atoms with Gasteiger partial charge in [0.25, 0.3) is 0 Å². The highest BCUT2D eigenvalue weighted by atomic mass is 79.9. The molecule has 0 unspecified atom stereocenters. The summed E-state index contributed by atoms with van der Waals surface area (Å²) in [6.07, 6.45) is -4.56. The molecular formula is C14H8BrF3N2S. The molecule has 0 aliphatic carbocycles. The van der Waals surface area contributed by atoms with Crippen LogP contribution in [0, 0.1) is 11.3 Å². The van der Waals surface area contributed by atoms with Gasteiger partial charge in [-0.15, -0.1) is 11.3 Å². The highest BCUT2D eigenvalue weighted by Crippen LogP contribution is 2.37. The summed E-state index contributed by atoms with van der Waals surface area (Å²) in [5, 5.41) is 10.9. The summed E-state index contributed by atoms with van der Waals surface area (Å²) in [6.45, 7) is 0. The molecule has 0 amide bonds. The maximum absolute atomic E-state index is 13.1. The second-order valence-corrected chi connectivity index (χ2v) is 5.93. The third-order valence-corrected chi connectivity index (χ3v) is 4.11. The van der Waals surface area contributed by atoms with E-state index >= 15 is 0 Å². The average molecular weight is 373 g/mol. The Morgan fingerprint density at radius 3 is 2.52 bits per heavy atom. The van der Waals surface area contributed by atoms with E-state index in [2.05, 4.69) is 15.9 Å². The van der Waals surface area contributed by atoms with Crippen LogP contribution in [-0.2, 0) is 6.18 Å². The van der Waals surface area contributed by atoms with E-state index in [-0.39, 0.29) is 16.8 Å². The molecule has 0 bridgehead atoms. The molecule has 0 radical (unpaired) electrons. The molecule has 2 N–H and O–H groups in total. The number of nitriles is 1. The second kappa shape index (κ2) is 5.92. The third kappa shape index (κ3) is 3.28. The Morgan fingerprint density at radius 1 is 1.29 bits per heavy atom. The molecule has 2 aromatic rings. The lowest BCUT2D eigenvalue weighted by Gasteiger charge is -2.14. The number of nitrogens with two attached hydrogens (primary N) is 1. The summed E-state index contributed by atoms with van der Waals surface area (Å²) in [5.41, 5.74) is 4.62. The van der Waals surface area contributed by atoms with Crippen molar-refractivity contribution in [2.24, 2.45) is 5.73 Å². The zero-order valence-corrected chi connectivity index (χ0v) is 12.8. The van der Waals surface area contributed by atoms with E-state index < -0.39 is 11.7 Å². The fourth-order valence-corrected chi connectivity index (χ4v) is 2.88. The first-order chi connectivity index (χ1) is 9.84. The van der Waals surface area contributed by atoms with Crippen LogP contribution in [0.4, 0.5) is 13.2 Å². The molecule has 1 aromatic carbocycles. The molecule has 21 heavy (non-hydrogen) atoms. The van der Waals surface area contributed by atoms with Crippen LogP contribution in [-0.4, -0.2) is 0 Å². The lowest BCUT2D eigenvalue weighted by atomic mass is 10.0. The van der Waals surface area contributed by atoms with Crippen LogP contribution in [0.2, 0.25) is 0 Å². The standard InChI is InChI=1S/C14H8BrF3N2S/c15-8-3-4-9(11(6-8)14(16,17)18)13(20)10(7-19)12-2-1-5-21-12/h1-6H,20H2/b13-10-. The number of hydrogen-bond acceptors (Lipinski definition) is 3. The van der Waals surface area contributed by atoms with Crippen LogP contribution < -0.4 is 5.73 Å². The van der Waals surface area contributed by atoms with Crippen molar-refractivity contribution in [1.82, 2.24) is 0 Å². The van der Waals surface area contributed by atoms with E-state index in [4.69, 9.17) is 5.73 Å². The largest absolute Gasteiger partial charge is 0.417 e. The van der Waals surface area contributed by atoms with Crippen molar-refractivity contribution in [2.75, 3.05) is 0 Å². The van der Waals surface area contributed by atoms with Gasteiger partial charge in [0, 0.05) is 14.9 Å². The van der Waals surface area contributed by atoms with Crippen LogP contribution in [0.1, 0.15) is 16.0 Å².